The van der Waals surface area contributed by atoms with Crippen molar-refractivity contribution in [3.8, 4) is 0 Å². The molecule has 0 N–H and O–H groups in total. The van der Waals surface area contributed by atoms with E-state index in [1.807, 2.05) is 13.8 Å². The highest BCUT2D eigenvalue weighted by Gasteiger charge is 1.83. The van der Waals surface area contributed by atoms with Crippen LogP contribution in [0.5, 0.6) is 0 Å². The smallest absolute Gasteiger partial charge is 0.307 e. The van der Waals surface area contributed by atoms with Crippen molar-refractivity contribution in [2.75, 3.05) is 0 Å². The zero-order chi connectivity index (χ0) is 7.70. The molecule has 0 heterocycles. The molecule has 0 aromatic carbocycles. The van der Waals surface area contributed by atoms with Crippen molar-refractivity contribution >= 4 is 12.0 Å². The van der Waals surface area contributed by atoms with Crippen molar-refractivity contribution in [2.24, 2.45) is 5.16 Å². The topological polar surface area (TPSA) is 55.7 Å². The molecule has 4 nitrogen and oxygen atoms in total. The zero-order valence-corrected chi connectivity index (χ0v) is 5.67. The van der Waals surface area contributed by atoms with E-state index in [4.69, 9.17) is 4.79 Å². The minimum absolute atomic E-state index is 0.622. The summed E-state index contributed by atoms with van der Waals surface area (Å²) < 4.78 is 0. The van der Waals surface area contributed by atoms with Gasteiger partial charge in [-0.3, -0.25) is 0 Å². The Kier molecular flexibility index (Phi) is 11.9. The van der Waals surface area contributed by atoms with Crippen LogP contribution in [-0.4, -0.2) is 12.0 Å². The molecule has 0 aromatic rings. The zero-order valence-electron chi connectivity index (χ0n) is 5.67. The number of rotatable bonds is 1. The predicted molar refractivity (Wildman–Crippen MR) is 31.2 cm³/mol. The number of carbonyl (C=O) groups is 1. The molecule has 0 atom stereocenters. The van der Waals surface area contributed by atoms with Crippen molar-refractivity contribution in [3.63, 3.8) is 0 Å². The van der Waals surface area contributed by atoms with Gasteiger partial charge in [0.05, 0.1) is 0 Å². The lowest BCUT2D eigenvalue weighted by Crippen LogP contribution is -1.88. The van der Waals surface area contributed by atoms with Gasteiger partial charge in [-0.25, -0.2) is 9.59 Å². The van der Waals surface area contributed by atoms with E-state index in [0.29, 0.717) is 0 Å². The molecule has 0 rings (SSSR count). The van der Waals surface area contributed by atoms with Gasteiger partial charge in [-0.1, -0.05) is 13.8 Å². The van der Waals surface area contributed by atoms with Crippen LogP contribution >= 0.6 is 0 Å². The van der Waals surface area contributed by atoms with Crippen LogP contribution in [0.4, 0.5) is 0 Å². The van der Waals surface area contributed by atoms with Crippen LogP contribution in [0.25, 0.3) is 0 Å². The van der Waals surface area contributed by atoms with Crippen molar-refractivity contribution in [1.29, 1.82) is 0 Å². The maximum Gasteiger partial charge on any atom is 0.333 e. The summed E-state index contributed by atoms with van der Waals surface area (Å²) in [5, 5.41) is 2.52. The van der Waals surface area contributed by atoms with Crippen LogP contribution in [0.2, 0.25) is 0 Å². The van der Waals surface area contributed by atoms with Crippen molar-refractivity contribution in [1.82, 2.24) is 0 Å². The molecule has 0 bridgehead atoms. The second-order valence-electron chi connectivity index (χ2n) is 0.765. The lowest BCUT2D eigenvalue weighted by Gasteiger charge is -1.78. The van der Waals surface area contributed by atoms with Crippen molar-refractivity contribution in [3.05, 3.63) is 0 Å². The molecule has 0 spiro atoms. The largest absolute Gasteiger partial charge is 0.333 e. The van der Waals surface area contributed by atoms with Gasteiger partial charge in [-0.2, -0.15) is 0 Å². The minimum atomic E-state index is -0.622. The molecule has 0 aliphatic heterocycles. The molecule has 0 radical (unpaired) electrons. The summed E-state index contributed by atoms with van der Waals surface area (Å²) in [6.07, 6.45) is 1.03. The Morgan fingerprint density at radius 3 is 2.11 bits per heavy atom. The molecule has 0 saturated carbocycles. The van der Waals surface area contributed by atoms with E-state index in [1.54, 1.807) is 0 Å². The molecule has 0 aliphatic carbocycles. The molecule has 52 valence electrons. The highest BCUT2D eigenvalue weighted by molar-refractivity contribution is 5.66. The molecule has 0 fully saturated rings. The van der Waals surface area contributed by atoms with Gasteiger partial charge in [-0.15, -0.1) is 0 Å². The van der Waals surface area contributed by atoms with E-state index in [9.17, 15) is 4.79 Å². The predicted octanol–water partition coefficient (Wildman–Crippen LogP) is 0.827. The van der Waals surface area contributed by atoms with Gasteiger partial charge in [0.1, 0.15) is 0 Å². The van der Waals surface area contributed by atoms with E-state index in [2.05, 4.69) is 9.99 Å². The number of hydrogen-bond acceptors (Lipinski definition) is 4. The Morgan fingerprint density at radius 1 is 1.56 bits per heavy atom. The minimum Gasteiger partial charge on any atom is -0.307 e. The van der Waals surface area contributed by atoms with Gasteiger partial charge in [-0.05, 0) is 0 Å². The van der Waals surface area contributed by atoms with Gasteiger partial charge in [0.15, 0.2) is 0 Å². The van der Waals surface area contributed by atoms with Crippen molar-refractivity contribution in [2.45, 2.75) is 20.8 Å². The summed E-state index contributed by atoms with van der Waals surface area (Å²) in [4.78, 5) is 22.6. The maximum absolute atomic E-state index is 9.71. The van der Waals surface area contributed by atoms with Crippen LogP contribution in [-0.2, 0) is 14.4 Å². The third-order valence-electron chi connectivity index (χ3n) is 0.211. The van der Waals surface area contributed by atoms with Crippen LogP contribution in [0.15, 0.2) is 5.16 Å². The fraction of sp³-hybridized carbons (Fsp3) is 0.600. The number of nitrogens with zero attached hydrogens (tertiary/aromatic N) is 1. The molecular weight excluding hydrogens is 122 g/mol. The number of carbonyl (C=O) groups excluding carboxylic acids is 2. The highest BCUT2D eigenvalue weighted by atomic mass is 16.7. The van der Waals surface area contributed by atoms with E-state index < -0.39 is 5.97 Å². The van der Waals surface area contributed by atoms with E-state index in [-0.39, 0.29) is 0 Å². The highest BCUT2D eigenvalue weighted by Crippen LogP contribution is 1.70. The summed E-state index contributed by atoms with van der Waals surface area (Å²) in [5.41, 5.74) is 0. The molecule has 0 aliphatic rings. The average Bonchev–Trinajstić information content (AvgIpc) is 1.88. The number of isocyanates is 1. The normalized spacial score (nSPS) is 5.67. The first-order chi connectivity index (χ1) is 4.27. The molecule has 0 aromatic heterocycles. The van der Waals surface area contributed by atoms with Crippen LogP contribution in [0.3, 0.4) is 0 Å². The van der Waals surface area contributed by atoms with Crippen molar-refractivity contribution < 1.29 is 14.4 Å². The lowest BCUT2D eigenvalue weighted by atomic mass is 10.8. The van der Waals surface area contributed by atoms with Gasteiger partial charge >= 0.3 is 5.97 Å². The first-order valence-corrected chi connectivity index (χ1v) is 2.52. The van der Waals surface area contributed by atoms with Gasteiger partial charge in [0.2, 0.25) is 0 Å². The molecule has 0 saturated heterocycles. The molecule has 4 heteroatoms. The summed E-state index contributed by atoms with van der Waals surface area (Å²) in [5.74, 6) is -0.622. The average molecular weight is 131 g/mol. The van der Waals surface area contributed by atoms with E-state index in [1.165, 1.54) is 0 Å². The van der Waals surface area contributed by atoms with Crippen LogP contribution in [0.1, 0.15) is 20.8 Å². The Labute approximate surface area is 53.5 Å². The van der Waals surface area contributed by atoms with Gasteiger partial charge < -0.3 is 4.84 Å². The standard InChI is InChI=1S/C3H3NO3.C2H6/c1-3(6)7-4-2-5;1-2/h1H3;1-2H3. The SMILES string of the molecule is CC.CC(=O)ON=C=O. The van der Waals surface area contributed by atoms with Crippen LogP contribution < -0.4 is 0 Å². The van der Waals surface area contributed by atoms with Gasteiger partial charge in [0.25, 0.3) is 6.08 Å². The fourth-order valence-corrected chi connectivity index (χ4v) is 0.0829. The maximum atomic E-state index is 9.71. The summed E-state index contributed by atoms with van der Waals surface area (Å²) >= 11 is 0. The Bertz CT molecular complexity index is 115. The summed E-state index contributed by atoms with van der Waals surface area (Å²) in [7, 11) is 0. The first-order valence-electron chi connectivity index (χ1n) is 2.52. The molecule has 0 unspecified atom stereocenters. The Balaban J connectivity index is 0. The molecule has 9 heavy (non-hydrogen) atoms. The monoisotopic (exact) mass is 131 g/mol. The lowest BCUT2D eigenvalue weighted by molar-refractivity contribution is -0.140. The second-order valence-corrected chi connectivity index (χ2v) is 0.765. The Morgan fingerprint density at radius 2 is 2.00 bits per heavy atom. The second kappa shape index (κ2) is 9.97. The fourth-order valence-electron chi connectivity index (χ4n) is 0.0829. The third-order valence-corrected chi connectivity index (χ3v) is 0.211. The van der Waals surface area contributed by atoms with Crippen LogP contribution in [0, 0.1) is 0 Å². The van der Waals surface area contributed by atoms with E-state index >= 15 is 0 Å². The Hall–Kier alpha value is -1.15. The summed E-state index contributed by atoms with van der Waals surface area (Å²) in [6, 6.07) is 0. The number of hydrogen-bond donors (Lipinski definition) is 0. The summed E-state index contributed by atoms with van der Waals surface area (Å²) in [6.45, 7) is 5.14. The quantitative estimate of drug-likeness (QED) is 0.229. The van der Waals surface area contributed by atoms with E-state index in [0.717, 1.165) is 13.0 Å². The first kappa shape index (κ1) is 10.8. The van der Waals surface area contributed by atoms with Gasteiger partial charge in [0, 0.05) is 12.1 Å². The molecular formula is C5H9NO3. The third kappa shape index (κ3) is 19.8. The molecule has 0 amide bonds.